The van der Waals surface area contributed by atoms with Gasteiger partial charge in [0.05, 0.1) is 21.8 Å². The van der Waals surface area contributed by atoms with Gasteiger partial charge in [-0.05, 0) is 38.0 Å². The van der Waals surface area contributed by atoms with E-state index in [0.29, 0.717) is 50.1 Å². The van der Waals surface area contributed by atoms with Gasteiger partial charge in [0.25, 0.3) is 5.91 Å². The number of carbonyl (C=O) groups excluding carboxylic acids is 2. The minimum Gasteiger partial charge on any atom is -0.339 e. The van der Waals surface area contributed by atoms with Crippen molar-refractivity contribution in [3.63, 3.8) is 0 Å². The van der Waals surface area contributed by atoms with E-state index in [1.807, 2.05) is 6.92 Å². The fourth-order valence-corrected chi connectivity index (χ4v) is 7.19. The van der Waals surface area contributed by atoms with Crippen LogP contribution >= 0.6 is 0 Å². The molecule has 35 heavy (non-hydrogen) atoms. The summed E-state index contributed by atoms with van der Waals surface area (Å²) < 4.78 is 27.9. The molecular formula is C24H26N6O4S. The number of carbonyl (C=O) groups is 2. The topological polar surface area (TPSA) is 120 Å². The van der Waals surface area contributed by atoms with Crippen molar-refractivity contribution in [1.82, 2.24) is 29.3 Å². The van der Waals surface area contributed by atoms with Crippen molar-refractivity contribution in [1.29, 1.82) is 0 Å². The fourth-order valence-electron chi connectivity index (χ4n) is 5.54. The molecule has 182 valence electrons. The van der Waals surface area contributed by atoms with Crippen molar-refractivity contribution in [3.05, 3.63) is 54.0 Å². The summed E-state index contributed by atoms with van der Waals surface area (Å²) in [5.74, 6) is -0.159. The second-order valence-electron chi connectivity index (χ2n) is 9.61. The Morgan fingerprint density at radius 2 is 1.89 bits per heavy atom. The van der Waals surface area contributed by atoms with Crippen molar-refractivity contribution in [2.75, 3.05) is 26.2 Å². The van der Waals surface area contributed by atoms with Crippen LogP contribution in [0.1, 0.15) is 28.9 Å². The highest BCUT2D eigenvalue weighted by molar-refractivity contribution is 7.89. The first-order chi connectivity index (χ1) is 16.8. The SMILES string of the molecule is Cc1ccc(S(=O)(=O)N2CCC[C@@H]2C(=O)N2C[C@H]3CN(C(=O)c4n[nH]c5ccncc45)[C@H]3C2)cc1. The Morgan fingerprint density at radius 1 is 1.09 bits per heavy atom. The van der Waals surface area contributed by atoms with Crippen LogP contribution in [-0.4, -0.2) is 87.8 Å². The molecule has 11 heteroatoms. The number of amides is 2. The van der Waals surface area contributed by atoms with Crippen LogP contribution in [0.3, 0.4) is 0 Å². The quantitative estimate of drug-likeness (QED) is 0.586. The molecule has 3 aliphatic rings. The number of hydrogen-bond acceptors (Lipinski definition) is 6. The van der Waals surface area contributed by atoms with Crippen LogP contribution in [0.15, 0.2) is 47.6 Å². The summed E-state index contributed by atoms with van der Waals surface area (Å²) >= 11 is 0. The zero-order chi connectivity index (χ0) is 24.3. The summed E-state index contributed by atoms with van der Waals surface area (Å²) in [6.07, 6.45) is 4.41. The average molecular weight is 495 g/mol. The summed E-state index contributed by atoms with van der Waals surface area (Å²) in [6.45, 7) is 3.73. The van der Waals surface area contributed by atoms with Crippen molar-refractivity contribution in [2.24, 2.45) is 5.92 Å². The van der Waals surface area contributed by atoms with Gasteiger partial charge < -0.3 is 9.80 Å². The van der Waals surface area contributed by atoms with E-state index in [1.165, 1.54) is 4.31 Å². The number of aromatic amines is 1. The third kappa shape index (κ3) is 3.52. The Morgan fingerprint density at radius 3 is 2.69 bits per heavy atom. The van der Waals surface area contributed by atoms with Gasteiger partial charge in [-0.15, -0.1) is 0 Å². The number of nitrogens with one attached hydrogen (secondary N) is 1. The van der Waals surface area contributed by atoms with E-state index >= 15 is 0 Å². The van der Waals surface area contributed by atoms with Crippen molar-refractivity contribution in [2.45, 2.75) is 36.7 Å². The molecule has 1 aromatic carbocycles. The number of fused-ring (bicyclic) bond motifs is 2. The highest BCUT2D eigenvalue weighted by Crippen LogP contribution is 2.36. The molecule has 3 aliphatic heterocycles. The number of pyridine rings is 1. The van der Waals surface area contributed by atoms with Crippen LogP contribution in [0, 0.1) is 12.8 Å². The lowest BCUT2D eigenvalue weighted by Crippen LogP contribution is -2.58. The first kappa shape index (κ1) is 22.2. The van der Waals surface area contributed by atoms with Crippen molar-refractivity contribution in [3.8, 4) is 0 Å². The third-order valence-corrected chi connectivity index (χ3v) is 9.42. The van der Waals surface area contributed by atoms with Crippen LogP contribution in [0.25, 0.3) is 10.9 Å². The number of H-pyrrole nitrogens is 1. The molecule has 1 N–H and O–H groups in total. The van der Waals surface area contributed by atoms with Crippen LogP contribution < -0.4 is 0 Å². The number of rotatable bonds is 4. The summed E-state index contributed by atoms with van der Waals surface area (Å²) in [7, 11) is -3.76. The summed E-state index contributed by atoms with van der Waals surface area (Å²) in [5.41, 5.74) is 2.06. The van der Waals surface area contributed by atoms with Gasteiger partial charge in [0.15, 0.2) is 5.69 Å². The molecule has 0 bridgehead atoms. The number of benzene rings is 1. The zero-order valence-corrected chi connectivity index (χ0v) is 20.1. The second-order valence-corrected chi connectivity index (χ2v) is 11.5. The molecule has 10 nitrogen and oxygen atoms in total. The standard InChI is InChI=1S/C24H26N6O4S/c1-15-4-6-17(7-5-15)35(33,34)30-10-2-3-20(30)23(31)28-12-16-13-29(21(16)14-28)24(32)22-18-11-25-9-8-19(18)26-27-22/h4-9,11,16,20-21H,2-3,10,12-14H2,1H3,(H,26,27)/t16-,20+,21-/m0/s1. The lowest BCUT2D eigenvalue weighted by atomic mass is 9.91. The van der Waals surface area contributed by atoms with Gasteiger partial charge in [-0.2, -0.15) is 9.40 Å². The molecule has 3 atom stereocenters. The monoisotopic (exact) mass is 494 g/mol. The number of nitrogens with zero attached hydrogens (tertiary/aromatic N) is 5. The summed E-state index contributed by atoms with van der Waals surface area (Å²) in [6, 6.07) is 7.70. The molecule has 3 aromatic rings. The lowest BCUT2D eigenvalue weighted by molar-refractivity contribution is -0.133. The first-order valence-corrected chi connectivity index (χ1v) is 13.2. The van der Waals surface area contributed by atoms with Gasteiger partial charge in [-0.25, -0.2) is 8.42 Å². The van der Waals surface area contributed by atoms with E-state index in [2.05, 4.69) is 15.2 Å². The summed E-state index contributed by atoms with van der Waals surface area (Å²) in [5, 5.41) is 7.73. The predicted octanol–water partition coefficient (Wildman–Crippen LogP) is 1.40. The van der Waals surface area contributed by atoms with E-state index in [9.17, 15) is 18.0 Å². The highest BCUT2D eigenvalue weighted by Gasteiger charge is 2.51. The number of hydrogen-bond donors (Lipinski definition) is 1. The molecule has 0 aliphatic carbocycles. The van der Waals surface area contributed by atoms with Crippen molar-refractivity contribution < 1.29 is 18.0 Å². The maximum absolute atomic E-state index is 13.5. The Balaban J connectivity index is 1.17. The molecule has 0 radical (unpaired) electrons. The number of likely N-dealkylation sites (tertiary alicyclic amines) is 2. The molecule has 0 saturated carbocycles. The molecule has 0 unspecified atom stereocenters. The van der Waals surface area contributed by atoms with Crippen LogP contribution in [0.2, 0.25) is 0 Å². The van der Waals surface area contributed by atoms with Gasteiger partial charge in [-0.1, -0.05) is 17.7 Å². The normalized spacial score (nSPS) is 24.5. The molecule has 3 saturated heterocycles. The van der Waals surface area contributed by atoms with Crippen LogP contribution in [0.5, 0.6) is 0 Å². The predicted molar refractivity (Wildman–Crippen MR) is 127 cm³/mol. The van der Waals surface area contributed by atoms with E-state index in [1.54, 1.807) is 52.5 Å². The fraction of sp³-hybridized carbons (Fsp3) is 0.417. The highest BCUT2D eigenvalue weighted by atomic mass is 32.2. The van der Waals surface area contributed by atoms with E-state index in [-0.39, 0.29) is 28.7 Å². The Labute approximate surface area is 203 Å². The van der Waals surface area contributed by atoms with Gasteiger partial charge in [0.1, 0.15) is 6.04 Å². The molecule has 0 spiro atoms. The van der Waals surface area contributed by atoms with E-state index in [4.69, 9.17) is 0 Å². The lowest BCUT2D eigenvalue weighted by Gasteiger charge is -2.42. The van der Waals surface area contributed by atoms with Crippen LogP contribution in [0.4, 0.5) is 0 Å². The molecule has 5 heterocycles. The van der Waals surface area contributed by atoms with Crippen molar-refractivity contribution >= 4 is 32.7 Å². The number of aryl methyl sites for hydroxylation is 1. The smallest absolute Gasteiger partial charge is 0.275 e. The van der Waals surface area contributed by atoms with Crippen LogP contribution in [-0.2, 0) is 14.8 Å². The number of aromatic nitrogens is 3. The Hall–Kier alpha value is -3.31. The zero-order valence-electron chi connectivity index (χ0n) is 19.3. The minimum absolute atomic E-state index is 0.0848. The Kier molecular flexibility index (Phi) is 5.15. The average Bonchev–Trinajstić information content (AvgIpc) is 3.57. The van der Waals surface area contributed by atoms with Gasteiger partial charge in [0.2, 0.25) is 15.9 Å². The molecule has 2 aromatic heterocycles. The maximum atomic E-state index is 13.5. The molecule has 2 amide bonds. The molecular weight excluding hydrogens is 468 g/mol. The van der Waals surface area contributed by atoms with Gasteiger partial charge in [-0.3, -0.25) is 19.7 Å². The second kappa shape index (κ2) is 8.13. The van der Waals surface area contributed by atoms with E-state index in [0.717, 1.165) is 11.1 Å². The minimum atomic E-state index is -3.76. The van der Waals surface area contributed by atoms with E-state index < -0.39 is 16.1 Å². The largest absolute Gasteiger partial charge is 0.339 e. The molecule has 6 rings (SSSR count). The first-order valence-electron chi connectivity index (χ1n) is 11.8. The van der Waals surface area contributed by atoms with Gasteiger partial charge >= 0.3 is 0 Å². The number of sulfonamides is 1. The third-order valence-electron chi connectivity index (χ3n) is 7.49. The maximum Gasteiger partial charge on any atom is 0.275 e. The van der Waals surface area contributed by atoms with Gasteiger partial charge in [0, 0.05) is 44.5 Å². The molecule has 3 fully saturated rings. The summed E-state index contributed by atoms with van der Waals surface area (Å²) in [4.78, 5) is 34.4. The Bertz CT molecular complexity index is 1420.